The van der Waals surface area contributed by atoms with Gasteiger partial charge < -0.3 is 9.88 Å². The highest BCUT2D eigenvalue weighted by Gasteiger charge is 2.42. The second-order valence-electron chi connectivity index (χ2n) is 6.79. The van der Waals surface area contributed by atoms with E-state index in [4.69, 9.17) is 0 Å². The highest BCUT2D eigenvalue weighted by atomic mass is 32.2. The van der Waals surface area contributed by atoms with E-state index in [2.05, 4.69) is 29.4 Å². The number of carbonyl (C=O) groups is 1. The lowest BCUT2D eigenvalue weighted by atomic mass is 9.84. The average molecular weight is 322 g/mol. The van der Waals surface area contributed by atoms with E-state index in [1.165, 1.54) is 37.4 Å². The predicted molar refractivity (Wildman–Crippen MR) is 87.6 cm³/mol. The Labute approximate surface area is 136 Å². The maximum atomic E-state index is 12.2. The quantitative estimate of drug-likeness (QED) is 0.817. The molecule has 3 rings (SSSR count). The second-order valence-corrected chi connectivity index (χ2v) is 7.74. The third-order valence-electron chi connectivity index (χ3n) is 5.40. The molecular weight excluding hydrogens is 296 g/mol. The molecule has 0 radical (unpaired) electrons. The van der Waals surface area contributed by atoms with E-state index in [1.54, 1.807) is 0 Å². The fourth-order valence-corrected chi connectivity index (χ4v) is 4.96. The van der Waals surface area contributed by atoms with Gasteiger partial charge in [-0.2, -0.15) is 0 Å². The lowest BCUT2D eigenvalue weighted by Crippen LogP contribution is -2.40. The Balaban J connectivity index is 1.47. The van der Waals surface area contributed by atoms with Gasteiger partial charge >= 0.3 is 0 Å². The van der Waals surface area contributed by atoms with Crippen LogP contribution in [0.15, 0.2) is 5.16 Å². The van der Waals surface area contributed by atoms with Gasteiger partial charge in [-0.05, 0) is 43.9 Å². The zero-order valence-electron chi connectivity index (χ0n) is 13.7. The summed E-state index contributed by atoms with van der Waals surface area (Å²) in [5.74, 6) is 3.95. The van der Waals surface area contributed by atoms with E-state index in [1.807, 2.05) is 11.6 Å². The number of hydrogen-bond donors (Lipinski definition) is 1. The molecule has 1 heterocycles. The van der Waals surface area contributed by atoms with Gasteiger partial charge in [-0.3, -0.25) is 4.79 Å². The number of hydrogen-bond acceptors (Lipinski definition) is 4. The SMILES string of the molecule is CCc1nnc(SCC(=O)N[C@H](C)[C@H]2C[C@H]3CC[C@H]2C3)n1C. The van der Waals surface area contributed by atoms with Crippen LogP contribution in [0.1, 0.15) is 45.4 Å². The van der Waals surface area contributed by atoms with Crippen LogP contribution in [0.5, 0.6) is 0 Å². The van der Waals surface area contributed by atoms with Crippen molar-refractivity contribution in [3.05, 3.63) is 5.82 Å². The van der Waals surface area contributed by atoms with Crippen molar-refractivity contribution >= 4 is 17.7 Å². The first-order chi connectivity index (χ1) is 10.6. The van der Waals surface area contributed by atoms with Crippen molar-refractivity contribution in [2.75, 3.05) is 5.75 Å². The summed E-state index contributed by atoms with van der Waals surface area (Å²) in [5, 5.41) is 12.3. The van der Waals surface area contributed by atoms with Crippen LogP contribution in [0, 0.1) is 17.8 Å². The minimum atomic E-state index is 0.112. The number of carbonyl (C=O) groups excluding carboxylic acids is 1. The molecule has 0 spiro atoms. The summed E-state index contributed by atoms with van der Waals surface area (Å²) < 4.78 is 1.97. The summed E-state index contributed by atoms with van der Waals surface area (Å²) in [7, 11) is 1.96. The fourth-order valence-electron chi connectivity index (χ4n) is 4.22. The number of aromatic nitrogens is 3. The zero-order chi connectivity index (χ0) is 15.7. The van der Waals surface area contributed by atoms with Crippen LogP contribution < -0.4 is 5.32 Å². The topological polar surface area (TPSA) is 59.8 Å². The summed E-state index contributed by atoms with van der Waals surface area (Å²) in [4.78, 5) is 12.2. The minimum Gasteiger partial charge on any atom is -0.353 e. The molecule has 22 heavy (non-hydrogen) atoms. The number of nitrogens with one attached hydrogen (secondary N) is 1. The Morgan fingerprint density at radius 3 is 2.82 bits per heavy atom. The molecule has 2 bridgehead atoms. The normalized spacial score (nSPS) is 28.0. The molecule has 2 saturated carbocycles. The Morgan fingerprint density at radius 1 is 1.41 bits per heavy atom. The van der Waals surface area contributed by atoms with Crippen LogP contribution in [0.4, 0.5) is 0 Å². The summed E-state index contributed by atoms with van der Waals surface area (Å²) in [5.41, 5.74) is 0. The monoisotopic (exact) mass is 322 g/mol. The van der Waals surface area contributed by atoms with E-state index in [0.717, 1.165) is 29.2 Å². The molecule has 0 aliphatic heterocycles. The van der Waals surface area contributed by atoms with E-state index < -0.39 is 0 Å². The largest absolute Gasteiger partial charge is 0.353 e. The summed E-state index contributed by atoms with van der Waals surface area (Å²) in [6, 6.07) is 0.300. The molecule has 5 nitrogen and oxygen atoms in total. The maximum Gasteiger partial charge on any atom is 0.230 e. The Morgan fingerprint density at radius 2 is 2.23 bits per heavy atom. The first-order valence-electron chi connectivity index (χ1n) is 8.38. The fraction of sp³-hybridized carbons (Fsp3) is 0.812. The predicted octanol–water partition coefficient (Wildman–Crippen LogP) is 2.41. The molecule has 1 N–H and O–H groups in total. The van der Waals surface area contributed by atoms with Gasteiger partial charge in [-0.25, -0.2) is 0 Å². The van der Waals surface area contributed by atoms with Gasteiger partial charge in [0.15, 0.2) is 5.16 Å². The summed E-state index contributed by atoms with van der Waals surface area (Å²) >= 11 is 1.47. The lowest BCUT2D eigenvalue weighted by molar-refractivity contribution is -0.119. The molecule has 0 aromatic carbocycles. The Bertz CT molecular complexity index is 544. The van der Waals surface area contributed by atoms with Crippen LogP contribution in [-0.2, 0) is 18.3 Å². The molecule has 1 aromatic heterocycles. The van der Waals surface area contributed by atoms with Crippen LogP contribution in [0.2, 0.25) is 0 Å². The van der Waals surface area contributed by atoms with Gasteiger partial charge in [0.1, 0.15) is 5.82 Å². The maximum absolute atomic E-state index is 12.2. The van der Waals surface area contributed by atoms with Crippen molar-refractivity contribution in [1.82, 2.24) is 20.1 Å². The first-order valence-corrected chi connectivity index (χ1v) is 9.37. The number of aryl methyl sites for hydroxylation is 1. The standard InChI is InChI=1S/C16H26N4OS/c1-4-14-18-19-16(20(14)3)22-9-15(21)17-10(2)13-8-11-5-6-12(13)7-11/h10-13H,4-9H2,1-3H3,(H,17,21)/t10-,11+,12+,13-/m1/s1. The van der Waals surface area contributed by atoms with Gasteiger partial charge in [-0.15, -0.1) is 10.2 Å². The molecule has 6 heteroatoms. The molecule has 2 fully saturated rings. The van der Waals surface area contributed by atoms with Gasteiger partial charge in [0.25, 0.3) is 0 Å². The second kappa shape index (κ2) is 6.60. The van der Waals surface area contributed by atoms with Gasteiger partial charge in [-0.1, -0.05) is 25.1 Å². The third-order valence-corrected chi connectivity index (χ3v) is 6.42. The van der Waals surface area contributed by atoms with Gasteiger partial charge in [0.2, 0.25) is 5.91 Å². The van der Waals surface area contributed by atoms with E-state index >= 15 is 0 Å². The molecule has 0 unspecified atom stereocenters. The molecule has 2 aliphatic rings. The van der Waals surface area contributed by atoms with E-state index in [0.29, 0.717) is 17.7 Å². The number of nitrogens with zero attached hydrogens (tertiary/aromatic N) is 3. The molecule has 1 amide bonds. The van der Waals surface area contributed by atoms with Crippen LogP contribution in [-0.4, -0.2) is 32.5 Å². The molecule has 2 aliphatic carbocycles. The third kappa shape index (κ3) is 3.16. The van der Waals surface area contributed by atoms with Gasteiger partial charge in [0.05, 0.1) is 5.75 Å². The summed E-state index contributed by atoms with van der Waals surface area (Å²) in [6.07, 6.45) is 6.32. The molecular formula is C16H26N4OS. The molecule has 1 aromatic rings. The number of fused-ring (bicyclic) bond motifs is 2. The average Bonchev–Trinajstić information content (AvgIpc) is 3.20. The Kier molecular flexibility index (Phi) is 4.76. The Hall–Kier alpha value is -1.04. The van der Waals surface area contributed by atoms with Crippen molar-refractivity contribution in [3.63, 3.8) is 0 Å². The van der Waals surface area contributed by atoms with Crippen LogP contribution in [0.3, 0.4) is 0 Å². The van der Waals surface area contributed by atoms with E-state index in [-0.39, 0.29) is 5.91 Å². The van der Waals surface area contributed by atoms with Crippen LogP contribution >= 0.6 is 11.8 Å². The highest BCUT2D eigenvalue weighted by molar-refractivity contribution is 7.99. The molecule has 4 atom stereocenters. The van der Waals surface area contributed by atoms with E-state index in [9.17, 15) is 4.79 Å². The van der Waals surface area contributed by atoms with Crippen molar-refractivity contribution in [1.29, 1.82) is 0 Å². The number of rotatable bonds is 6. The van der Waals surface area contributed by atoms with Crippen molar-refractivity contribution < 1.29 is 4.79 Å². The van der Waals surface area contributed by atoms with Gasteiger partial charge in [0, 0.05) is 19.5 Å². The van der Waals surface area contributed by atoms with Crippen LogP contribution in [0.25, 0.3) is 0 Å². The minimum absolute atomic E-state index is 0.112. The number of thioether (sulfide) groups is 1. The smallest absolute Gasteiger partial charge is 0.230 e. The molecule has 122 valence electrons. The van der Waals surface area contributed by atoms with Crippen molar-refractivity contribution in [2.24, 2.45) is 24.8 Å². The summed E-state index contributed by atoms with van der Waals surface area (Å²) in [6.45, 7) is 4.23. The van der Waals surface area contributed by atoms with Crippen molar-refractivity contribution in [3.8, 4) is 0 Å². The lowest BCUT2D eigenvalue weighted by Gasteiger charge is -2.28. The van der Waals surface area contributed by atoms with Crippen molar-refractivity contribution in [2.45, 2.75) is 57.1 Å². The molecule has 0 saturated heterocycles. The number of amides is 1. The zero-order valence-corrected chi connectivity index (χ0v) is 14.5. The highest BCUT2D eigenvalue weighted by Crippen LogP contribution is 2.49. The first kappa shape index (κ1) is 15.8.